The molecule has 3 rings (SSSR count). The second-order valence-corrected chi connectivity index (χ2v) is 3.39. The molecule has 3 heterocycles. The highest BCUT2D eigenvalue weighted by Gasteiger charge is 2.05. The number of anilines is 2. The van der Waals surface area contributed by atoms with Crippen molar-refractivity contribution in [3.8, 4) is 0 Å². The van der Waals surface area contributed by atoms with E-state index in [1.165, 1.54) is 0 Å². The van der Waals surface area contributed by atoms with Crippen LogP contribution in [0.4, 0.5) is 11.5 Å². The minimum absolute atomic E-state index is 0.269. The van der Waals surface area contributed by atoms with Gasteiger partial charge in [-0.05, 0) is 12.1 Å². The average molecular weight is 212 g/mol. The van der Waals surface area contributed by atoms with Gasteiger partial charge in [-0.2, -0.15) is 0 Å². The minimum atomic E-state index is 0.269. The SMILES string of the molecule is Nc1cc2nc3ccncc3nc2nc1N. The topological polar surface area (TPSA) is 104 Å². The molecule has 0 aromatic carbocycles. The molecule has 6 heteroatoms. The standard InChI is InChI=1S/C10H8N6/c11-5-3-7-10(16-9(5)12)15-8-4-13-2-1-6(8)14-7/h1-4H,11H2,(H2,12,15,16). The molecule has 0 aliphatic heterocycles. The van der Waals surface area contributed by atoms with Gasteiger partial charge in [-0.15, -0.1) is 0 Å². The quantitative estimate of drug-likeness (QED) is 0.532. The van der Waals surface area contributed by atoms with Gasteiger partial charge in [-0.25, -0.2) is 15.0 Å². The van der Waals surface area contributed by atoms with Crippen LogP contribution in [-0.2, 0) is 0 Å². The third kappa shape index (κ3) is 1.20. The second kappa shape index (κ2) is 2.99. The maximum atomic E-state index is 5.66. The summed E-state index contributed by atoms with van der Waals surface area (Å²) in [4.78, 5) is 16.7. The zero-order valence-electron chi connectivity index (χ0n) is 8.25. The van der Waals surface area contributed by atoms with Crippen LogP contribution in [0.25, 0.3) is 22.2 Å². The van der Waals surface area contributed by atoms with E-state index in [4.69, 9.17) is 11.5 Å². The Hall–Kier alpha value is -2.50. The second-order valence-electron chi connectivity index (χ2n) is 3.39. The molecule has 3 aromatic rings. The molecular weight excluding hydrogens is 204 g/mol. The zero-order chi connectivity index (χ0) is 11.1. The fourth-order valence-corrected chi connectivity index (χ4v) is 1.49. The first-order chi connectivity index (χ1) is 7.74. The van der Waals surface area contributed by atoms with Crippen molar-refractivity contribution in [1.29, 1.82) is 0 Å². The first-order valence-corrected chi connectivity index (χ1v) is 4.67. The predicted octanol–water partition coefficient (Wildman–Crippen LogP) is 0.737. The highest BCUT2D eigenvalue weighted by atomic mass is 15.0. The van der Waals surface area contributed by atoms with Crippen LogP contribution in [0.15, 0.2) is 24.5 Å². The van der Waals surface area contributed by atoms with Crippen molar-refractivity contribution in [2.24, 2.45) is 0 Å². The third-order valence-electron chi connectivity index (χ3n) is 2.29. The molecule has 0 spiro atoms. The van der Waals surface area contributed by atoms with Gasteiger partial charge in [0.05, 0.1) is 17.4 Å². The molecule has 6 nitrogen and oxygen atoms in total. The van der Waals surface area contributed by atoms with E-state index in [0.29, 0.717) is 22.4 Å². The summed E-state index contributed by atoms with van der Waals surface area (Å²) < 4.78 is 0. The molecule has 0 amide bonds. The summed E-state index contributed by atoms with van der Waals surface area (Å²) >= 11 is 0. The van der Waals surface area contributed by atoms with Gasteiger partial charge in [-0.3, -0.25) is 4.98 Å². The minimum Gasteiger partial charge on any atom is -0.396 e. The van der Waals surface area contributed by atoms with Crippen molar-refractivity contribution in [2.75, 3.05) is 11.5 Å². The molecule has 0 saturated carbocycles. The average Bonchev–Trinajstić information content (AvgIpc) is 2.28. The fraction of sp³-hybridized carbons (Fsp3) is 0. The van der Waals surface area contributed by atoms with Crippen LogP contribution in [-0.4, -0.2) is 19.9 Å². The van der Waals surface area contributed by atoms with Crippen LogP contribution in [0.2, 0.25) is 0 Å². The molecule has 0 atom stereocenters. The molecule has 4 N–H and O–H groups in total. The van der Waals surface area contributed by atoms with Crippen molar-refractivity contribution in [1.82, 2.24) is 19.9 Å². The molecule has 0 radical (unpaired) electrons. The van der Waals surface area contributed by atoms with Crippen LogP contribution in [0.1, 0.15) is 0 Å². The number of nitrogens with two attached hydrogens (primary N) is 2. The number of aromatic nitrogens is 4. The predicted molar refractivity (Wildman–Crippen MR) is 61.5 cm³/mol. The Morgan fingerprint density at radius 2 is 1.81 bits per heavy atom. The molecular formula is C10H8N6. The largest absolute Gasteiger partial charge is 0.396 e. The maximum absolute atomic E-state index is 5.66. The number of hydrogen-bond donors (Lipinski definition) is 2. The summed E-state index contributed by atoms with van der Waals surface area (Å²) in [5.74, 6) is 0.269. The van der Waals surface area contributed by atoms with Gasteiger partial charge in [0.15, 0.2) is 5.65 Å². The van der Waals surface area contributed by atoms with Crippen LogP contribution in [0.3, 0.4) is 0 Å². The molecule has 0 fully saturated rings. The molecule has 3 aromatic heterocycles. The van der Waals surface area contributed by atoms with Gasteiger partial charge in [0.25, 0.3) is 0 Å². The highest BCUT2D eigenvalue weighted by molar-refractivity contribution is 5.86. The van der Waals surface area contributed by atoms with E-state index < -0.39 is 0 Å². The Balaban J connectivity index is 2.46. The van der Waals surface area contributed by atoms with E-state index in [9.17, 15) is 0 Å². The molecule has 78 valence electrons. The lowest BCUT2D eigenvalue weighted by atomic mass is 10.3. The number of nitrogen functional groups attached to an aromatic ring is 2. The lowest BCUT2D eigenvalue weighted by molar-refractivity contribution is 1.26. The van der Waals surface area contributed by atoms with Gasteiger partial charge >= 0.3 is 0 Å². The smallest absolute Gasteiger partial charge is 0.181 e. The first kappa shape index (κ1) is 8.78. The number of fused-ring (bicyclic) bond motifs is 2. The summed E-state index contributed by atoms with van der Waals surface area (Å²) in [6.07, 6.45) is 3.30. The normalized spacial score (nSPS) is 11.0. The van der Waals surface area contributed by atoms with Crippen molar-refractivity contribution in [3.63, 3.8) is 0 Å². The third-order valence-corrected chi connectivity index (χ3v) is 2.29. The molecule has 0 saturated heterocycles. The van der Waals surface area contributed by atoms with Crippen molar-refractivity contribution < 1.29 is 0 Å². The molecule has 0 aliphatic carbocycles. The highest BCUT2D eigenvalue weighted by Crippen LogP contribution is 2.19. The van der Waals surface area contributed by atoms with Gasteiger partial charge in [0.1, 0.15) is 16.9 Å². The Morgan fingerprint density at radius 1 is 0.938 bits per heavy atom. The Kier molecular flexibility index (Phi) is 1.64. The summed E-state index contributed by atoms with van der Waals surface area (Å²) in [5.41, 5.74) is 14.2. The van der Waals surface area contributed by atoms with Gasteiger partial charge in [0, 0.05) is 6.20 Å². The van der Waals surface area contributed by atoms with Crippen LogP contribution in [0, 0.1) is 0 Å². The monoisotopic (exact) mass is 212 g/mol. The van der Waals surface area contributed by atoms with Crippen LogP contribution >= 0.6 is 0 Å². The molecule has 0 bridgehead atoms. The zero-order valence-corrected chi connectivity index (χ0v) is 8.25. The van der Waals surface area contributed by atoms with E-state index >= 15 is 0 Å². The van der Waals surface area contributed by atoms with E-state index in [0.717, 1.165) is 5.52 Å². The van der Waals surface area contributed by atoms with Crippen LogP contribution in [0.5, 0.6) is 0 Å². The molecule has 0 unspecified atom stereocenters. The summed E-state index contributed by atoms with van der Waals surface area (Å²) in [5, 5.41) is 0. The van der Waals surface area contributed by atoms with Gasteiger partial charge in [0.2, 0.25) is 0 Å². The molecule has 16 heavy (non-hydrogen) atoms. The number of rotatable bonds is 0. The van der Waals surface area contributed by atoms with E-state index in [1.54, 1.807) is 24.5 Å². The summed E-state index contributed by atoms with van der Waals surface area (Å²) in [6, 6.07) is 3.46. The molecule has 0 aliphatic rings. The maximum Gasteiger partial charge on any atom is 0.181 e. The van der Waals surface area contributed by atoms with Crippen molar-refractivity contribution in [3.05, 3.63) is 24.5 Å². The Morgan fingerprint density at radius 3 is 2.69 bits per heavy atom. The number of hydrogen-bond acceptors (Lipinski definition) is 6. The lowest BCUT2D eigenvalue weighted by Gasteiger charge is -2.02. The Labute approximate surface area is 90.4 Å². The van der Waals surface area contributed by atoms with E-state index in [-0.39, 0.29) is 5.82 Å². The fourth-order valence-electron chi connectivity index (χ4n) is 1.49. The van der Waals surface area contributed by atoms with Crippen molar-refractivity contribution >= 4 is 33.7 Å². The van der Waals surface area contributed by atoms with E-state index in [2.05, 4.69) is 19.9 Å². The van der Waals surface area contributed by atoms with Gasteiger partial charge in [-0.1, -0.05) is 0 Å². The lowest BCUT2D eigenvalue weighted by Crippen LogP contribution is -2.00. The van der Waals surface area contributed by atoms with Crippen LogP contribution < -0.4 is 11.5 Å². The first-order valence-electron chi connectivity index (χ1n) is 4.67. The van der Waals surface area contributed by atoms with Crippen molar-refractivity contribution in [2.45, 2.75) is 0 Å². The Bertz CT molecular complexity index is 633. The number of pyridine rings is 2. The van der Waals surface area contributed by atoms with E-state index in [1.807, 2.05) is 0 Å². The summed E-state index contributed by atoms with van der Waals surface area (Å²) in [7, 11) is 0. The van der Waals surface area contributed by atoms with Gasteiger partial charge < -0.3 is 11.5 Å². The summed E-state index contributed by atoms with van der Waals surface area (Å²) in [6.45, 7) is 0. The number of nitrogens with zero attached hydrogens (tertiary/aromatic N) is 4.